The number of aromatic nitrogens is 3. The average molecular weight is 402 g/mol. The maximum absolute atomic E-state index is 12.3. The van der Waals surface area contributed by atoms with Gasteiger partial charge in [-0.05, 0) is 24.6 Å². The summed E-state index contributed by atoms with van der Waals surface area (Å²) in [6.07, 6.45) is 2.83. The molecule has 1 heterocycles. The number of ether oxygens (including phenoxy) is 3. The molecule has 1 aromatic carbocycles. The van der Waals surface area contributed by atoms with E-state index in [4.69, 9.17) is 14.2 Å². The van der Waals surface area contributed by atoms with Crippen molar-refractivity contribution in [2.75, 3.05) is 34.0 Å². The van der Waals surface area contributed by atoms with Gasteiger partial charge in [0.05, 0.1) is 20.3 Å². The maximum Gasteiger partial charge on any atom is 0.273 e. The Morgan fingerprint density at radius 3 is 2.76 bits per heavy atom. The van der Waals surface area contributed by atoms with Crippen LogP contribution in [0.5, 0.6) is 11.5 Å². The van der Waals surface area contributed by atoms with Crippen molar-refractivity contribution < 1.29 is 19.0 Å². The van der Waals surface area contributed by atoms with Crippen molar-refractivity contribution in [2.24, 2.45) is 0 Å². The number of nitrogens with one attached hydrogen (secondary N) is 2. The first-order valence-electron chi connectivity index (χ1n) is 9.22. The lowest BCUT2D eigenvalue weighted by molar-refractivity contribution is -0.121. The minimum Gasteiger partial charge on any atom is -0.493 e. The van der Waals surface area contributed by atoms with Gasteiger partial charge in [0.1, 0.15) is 5.69 Å². The molecule has 156 valence electrons. The summed E-state index contributed by atoms with van der Waals surface area (Å²) < 4.78 is 15.9. The average Bonchev–Trinajstić information content (AvgIpc) is 2.73. The van der Waals surface area contributed by atoms with Crippen LogP contribution in [0.25, 0.3) is 11.4 Å². The van der Waals surface area contributed by atoms with E-state index < -0.39 is 0 Å². The van der Waals surface area contributed by atoms with Crippen molar-refractivity contribution in [2.45, 2.75) is 19.3 Å². The monoisotopic (exact) mass is 402 g/mol. The third kappa shape index (κ3) is 6.72. The molecule has 0 bridgehead atoms. The number of hydrogen-bond acceptors (Lipinski definition) is 7. The number of amides is 1. The Balaban J connectivity index is 2.06. The molecule has 0 aliphatic carbocycles. The summed E-state index contributed by atoms with van der Waals surface area (Å²) in [4.78, 5) is 26.7. The van der Waals surface area contributed by atoms with Crippen LogP contribution in [0.15, 0.2) is 35.6 Å². The maximum atomic E-state index is 12.3. The summed E-state index contributed by atoms with van der Waals surface area (Å²) >= 11 is 0. The molecule has 2 rings (SSSR count). The first kappa shape index (κ1) is 22.1. The fourth-order valence-corrected chi connectivity index (χ4v) is 2.45. The highest BCUT2D eigenvalue weighted by Crippen LogP contribution is 2.31. The summed E-state index contributed by atoms with van der Waals surface area (Å²) in [6, 6.07) is 5.22. The van der Waals surface area contributed by atoms with Crippen LogP contribution in [0.4, 0.5) is 0 Å². The largest absolute Gasteiger partial charge is 0.493 e. The molecule has 1 aromatic heterocycles. The third-order valence-electron chi connectivity index (χ3n) is 4.00. The second-order valence-electron chi connectivity index (χ2n) is 6.08. The van der Waals surface area contributed by atoms with Crippen molar-refractivity contribution in [3.63, 3.8) is 0 Å². The lowest BCUT2D eigenvalue weighted by atomic mass is 10.2. The second-order valence-corrected chi connectivity index (χ2v) is 6.08. The Hall–Kier alpha value is -3.20. The number of benzene rings is 1. The number of carbonyl (C=O) groups excluding carboxylic acids is 1. The zero-order chi connectivity index (χ0) is 21.1. The smallest absolute Gasteiger partial charge is 0.273 e. The molecule has 0 saturated heterocycles. The molecule has 1 amide bonds. The van der Waals surface area contributed by atoms with Crippen LogP contribution in [-0.2, 0) is 16.0 Å². The van der Waals surface area contributed by atoms with Gasteiger partial charge in [-0.3, -0.25) is 9.59 Å². The van der Waals surface area contributed by atoms with Crippen molar-refractivity contribution in [1.82, 2.24) is 20.5 Å². The highest BCUT2D eigenvalue weighted by Gasteiger charge is 2.12. The topological polar surface area (TPSA) is 115 Å². The molecule has 0 radical (unpaired) electrons. The lowest BCUT2D eigenvalue weighted by Gasteiger charge is -2.11. The first-order chi connectivity index (χ1) is 14.1. The molecule has 0 unspecified atom stereocenters. The van der Waals surface area contributed by atoms with E-state index in [1.54, 1.807) is 31.4 Å². The SMILES string of the molecule is C=CCCOc1ccc(-c2nnc(CCC(=O)NCCOC)c(=O)[nH]2)cc1OC. The molecule has 0 fully saturated rings. The molecule has 2 aromatic rings. The summed E-state index contributed by atoms with van der Waals surface area (Å²) in [5.41, 5.74) is 0.448. The predicted octanol–water partition coefficient (Wildman–Crippen LogP) is 1.49. The van der Waals surface area contributed by atoms with E-state index in [0.717, 1.165) is 6.42 Å². The molecule has 0 atom stereocenters. The van der Waals surface area contributed by atoms with Gasteiger partial charge in [0.15, 0.2) is 17.3 Å². The van der Waals surface area contributed by atoms with E-state index in [1.807, 2.05) is 0 Å². The van der Waals surface area contributed by atoms with Crippen LogP contribution in [0.2, 0.25) is 0 Å². The fraction of sp³-hybridized carbons (Fsp3) is 0.400. The van der Waals surface area contributed by atoms with Gasteiger partial charge in [-0.15, -0.1) is 16.8 Å². The molecule has 9 nitrogen and oxygen atoms in total. The zero-order valence-electron chi connectivity index (χ0n) is 16.7. The molecule has 0 saturated carbocycles. The number of aromatic amines is 1. The van der Waals surface area contributed by atoms with Crippen LogP contribution >= 0.6 is 0 Å². The van der Waals surface area contributed by atoms with Crippen LogP contribution < -0.4 is 20.3 Å². The number of rotatable bonds is 12. The number of aryl methyl sites for hydroxylation is 1. The predicted molar refractivity (Wildman–Crippen MR) is 108 cm³/mol. The Morgan fingerprint density at radius 1 is 1.24 bits per heavy atom. The van der Waals surface area contributed by atoms with Gasteiger partial charge < -0.3 is 24.5 Å². The number of H-pyrrole nitrogens is 1. The highest BCUT2D eigenvalue weighted by molar-refractivity contribution is 5.76. The van der Waals surface area contributed by atoms with Crippen LogP contribution in [0.1, 0.15) is 18.5 Å². The van der Waals surface area contributed by atoms with Gasteiger partial charge in [0.25, 0.3) is 5.56 Å². The highest BCUT2D eigenvalue weighted by atomic mass is 16.5. The molecular formula is C20H26N4O5. The number of methoxy groups -OCH3 is 2. The number of carbonyl (C=O) groups is 1. The van der Waals surface area contributed by atoms with E-state index in [1.165, 1.54) is 7.11 Å². The van der Waals surface area contributed by atoms with Gasteiger partial charge in [0, 0.05) is 32.1 Å². The van der Waals surface area contributed by atoms with E-state index in [0.29, 0.717) is 42.6 Å². The zero-order valence-corrected chi connectivity index (χ0v) is 16.7. The van der Waals surface area contributed by atoms with Gasteiger partial charge in [-0.1, -0.05) is 6.08 Å². The molecule has 2 N–H and O–H groups in total. The van der Waals surface area contributed by atoms with E-state index >= 15 is 0 Å². The van der Waals surface area contributed by atoms with Crippen molar-refractivity contribution in [1.29, 1.82) is 0 Å². The first-order valence-corrected chi connectivity index (χ1v) is 9.22. The Labute approximate surface area is 169 Å². The molecule has 0 spiro atoms. The third-order valence-corrected chi connectivity index (χ3v) is 4.00. The second kappa shape index (κ2) is 11.6. The van der Waals surface area contributed by atoms with E-state index in [9.17, 15) is 9.59 Å². The fourth-order valence-electron chi connectivity index (χ4n) is 2.45. The summed E-state index contributed by atoms with van der Waals surface area (Å²) in [7, 11) is 3.09. The van der Waals surface area contributed by atoms with Gasteiger partial charge in [0.2, 0.25) is 5.91 Å². The van der Waals surface area contributed by atoms with Gasteiger partial charge in [-0.25, -0.2) is 0 Å². The summed E-state index contributed by atoms with van der Waals surface area (Å²) in [5, 5.41) is 10.7. The van der Waals surface area contributed by atoms with Gasteiger partial charge >= 0.3 is 0 Å². The van der Waals surface area contributed by atoms with E-state index in [2.05, 4.69) is 27.1 Å². The standard InChI is InChI=1S/C20H26N4O5/c1-4-5-11-29-16-8-6-14(13-17(16)28-3)19-22-20(26)15(23-24-19)7-9-18(25)21-10-12-27-2/h4,6,8,13H,1,5,7,9-12H2,2-3H3,(H,21,25)(H,22,24,26). The number of nitrogens with zero attached hydrogens (tertiary/aromatic N) is 2. The normalized spacial score (nSPS) is 10.4. The lowest BCUT2D eigenvalue weighted by Crippen LogP contribution is -2.28. The van der Waals surface area contributed by atoms with Crippen molar-refractivity contribution in [3.05, 3.63) is 46.9 Å². The van der Waals surface area contributed by atoms with E-state index in [-0.39, 0.29) is 30.0 Å². The van der Waals surface area contributed by atoms with Crippen LogP contribution in [0.3, 0.4) is 0 Å². The Morgan fingerprint density at radius 2 is 2.07 bits per heavy atom. The summed E-state index contributed by atoms with van der Waals surface area (Å²) in [6.45, 7) is 5.00. The van der Waals surface area contributed by atoms with Crippen molar-refractivity contribution >= 4 is 5.91 Å². The molecule has 29 heavy (non-hydrogen) atoms. The Bertz CT molecular complexity index is 881. The summed E-state index contributed by atoms with van der Waals surface area (Å²) in [5.74, 6) is 1.24. The van der Waals surface area contributed by atoms with Crippen molar-refractivity contribution in [3.8, 4) is 22.9 Å². The minimum absolute atomic E-state index is 0.144. The van der Waals surface area contributed by atoms with Crippen LogP contribution in [0, 0.1) is 0 Å². The molecule has 9 heteroatoms. The van der Waals surface area contributed by atoms with Crippen LogP contribution in [-0.4, -0.2) is 55.1 Å². The number of hydrogen-bond donors (Lipinski definition) is 2. The molecule has 0 aliphatic rings. The Kier molecular flexibility index (Phi) is 8.84. The molecular weight excluding hydrogens is 376 g/mol. The molecule has 0 aliphatic heterocycles. The quantitative estimate of drug-likeness (QED) is 0.408. The van der Waals surface area contributed by atoms with Gasteiger partial charge in [-0.2, -0.15) is 0 Å². The minimum atomic E-state index is -0.384.